The van der Waals surface area contributed by atoms with E-state index in [0.29, 0.717) is 6.54 Å². The first-order chi connectivity index (χ1) is 7.75. The number of halogens is 1. The standard InChI is InChI=1S/C10H9ClN4O/c11-9-6-13-5-8(15-9)10(16)14-4-7-1-2-12-3-7/h1-3,5-6,12H,4H2,(H,14,16). The van der Waals surface area contributed by atoms with Crippen molar-refractivity contribution >= 4 is 17.5 Å². The van der Waals surface area contributed by atoms with Crippen LogP contribution in [0.1, 0.15) is 16.1 Å². The van der Waals surface area contributed by atoms with Crippen LogP contribution in [0, 0.1) is 0 Å². The van der Waals surface area contributed by atoms with E-state index in [2.05, 4.69) is 20.3 Å². The van der Waals surface area contributed by atoms with Crippen molar-refractivity contribution in [2.75, 3.05) is 0 Å². The van der Waals surface area contributed by atoms with E-state index in [9.17, 15) is 4.79 Å². The molecule has 0 aliphatic carbocycles. The van der Waals surface area contributed by atoms with Crippen LogP contribution in [0.4, 0.5) is 0 Å². The van der Waals surface area contributed by atoms with Crippen LogP contribution in [0.25, 0.3) is 0 Å². The summed E-state index contributed by atoms with van der Waals surface area (Å²) in [6.07, 6.45) is 6.35. The Kier molecular flexibility index (Phi) is 3.16. The minimum Gasteiger partial charge on any atom is -0.367 e. The van der Waals surface area contributed by atoms with Crippen LogP contribution in [-0.4, -0.2) is 20.9 Å². The number of carbonyl (C=O) groups is 1. The Morgan fingerprint density at radius 2 is 2.38 bits per heavy atom. The van der Waals surface area contributed by atoms with Gasteiger partial charge in [-0.3, -0.25) is 9.78 Å². The van der Waals surface area contributed by atoms with E-state index < -0.39 is 0 Å². The summed E-state index contributed by atoms with van der Waals surface area (Å²) in [4.78, 5) is 22.2. The molecule has 0 radical (unpaired) electrons. The van der Waals surface area contributed by atoms with E-state index in [1.807, 2.05) is 12.3 Å². The van der Waals surface area contributed by atoms with Crippen LogP contribution in [0.15, 0.2) is 30.9 Å². The fraction of sp³-hybridized carbons (Fsp3) is 0.100. The van der Waals surface area contributed by atoms with E-state index in [4.69, 9.17) is 11.6 Å². The fourth-order valence-electron chi connectivity index (χ4n) is 1.19. The molecule has 1 amide bonds. The number of hydrogen-bond donors (Lipinski definition) is 2. The third kappa shape index (κ3) is 2.58. The van der Waals surface area contributed by atoms with Gasteiger partial charge in [0.1, 0.15) is 10.8 Å². The van der Waals surface area contributed by atoms with Gasteiger partial charge in [-0.15, -0.1) is 0 Å². The molecule has 0 aliphatic rings. The predicted octanol–water partition coefficient (Wildman–Crippen LogP) is 1.39. The molecule has 2 rings (SSSR count). The van der Waals surface area contributed by atoms with Gasteiger partial charge in [0.2, 0.25) is 0 Å². The summed E-state index contributed by atoms with van der Waals surface area (Å²) in [6.45, 7) is 0.441. The number of nitrogens with zero attached hydrogens (tertiary/aromatic N) is 2. The second-order valence-corrected chi connectivity index (χ2v) is 3.52. The molecule has 0 unspecified atom stereocenters. The monoisotopic (exact) mass is 236 g/mol. The number of aromatic amines is 1. The van der Waals surface area contributed by atoms with Gasteiger partial charge < -0.3 is 10.3 Å². The molecule has 0 bridgehead atoms. The van der Waals surface area contributed by atoms with Crippen LogP contribution >= 0.6 is 11.6 Å². The Morgan fingerprint density at radius 1 is 1.50 bits per heavy atom. The van der Waals surface area contributed by atoms with Gasteiger partial charge in [-0.2, -0.15) is 0 Å². The van der Waals surface area contributed by atoms with Crippen LogP contribution in [-0.2, 0) is 6.54 Å². The van der Waals surface area contributed by atoms with Crippen molar-refractivity contribution < 1.29 is 4.79 Å². The highest BCUT2D eigenvalue weighted by Crippen LogP contribution is 2.03. The van der Waals surface area contributed by atoms with Crippen LogP contribution in [0.2, 0.25) is 5.15 Å². The van der Waals surface area contributed by atoms with E-state index in [1.54, 1.807) is 6.20 Å². The van der Waals surface area contributed by atoms with E-state index >= 15 is 0 Å². The van der Waals surface area contributed by atoms with Gasteiger partial charge in [-0.1, -0.05) is 11.6 Å². The maximum Gasteiger partial charge on any atom is 0.271 e. The Morgan fingerprint density at radius 3 is 3.06 bits per heavy atom. The SMILES string of the molecule is O=C(NCc1cc[nH]c1)c1cncc(Cl)n1. The average molecular weight is 237 g/mol. The molecule has 82 valence electrons. The fourth-order valence-corrected chi connectivity index (χ4v) is 1.34. The smallest absolute Gasteiger partial charge is 0.271 e. The minimum atomic E-state index is -0.295. The molecule has 2 aromatic heterocycles. The topological polar surface area (TPSA) is 70.7 Å². The van der Waals surface area contributed by atoms with Gasteiger partial charge >= 0.3 is 0 Å². The minimum absolute atomic E-state index is 0.203. The average Bonchev–Trinajstić information content (AvgIpc) is 2.78. The number of H-pyrrole nitrogens is 1. The van der Waals surface area contributed by atoms with Gasteiger partial charge in [-0.05, 0) is 11.6 Å². The Labute approximate surface area is 96.9 Å². The zero-order valence-corrected chi connectivity index (χ0v) is 9.03. The van der Waals surface area contributed by atoms with E-state index in [0.717, 1.165) is 5.56 Å². The molecule has 0 fully saturated rings. The molecule has 0 spiro atoms. The van der Waals surface area contributed by atoms with Crippen LogP contribution < -0.4 is 5.32 Å². The van der Waals surface area contributed by atoms with Crippen molar-refractivity contribution in [2.24, 2.45) is 0 Å². The normalized spacial score (nSPS) is 10.1. The van der Waals surface area contributed by atoms with Crippen molar-refractivity contribution in [1.29, 1.82) is 0 Å². The molecular formula is C10H9ClN4O. The lowest BCUT2D eigenvalue weighted by atomic mass is 10.3. The van der Waals surface area contributed by atoms with Crippen LogP contribution in [0.5, 0.6) is 0 Å². The van der Waals surface area contributed by atoms with Gasteiger partial charge in [-0.25, -0.2) is 4.98 Å². The summed E-state index contributed by atoms with van der Waals surface area (Å²) >= 11 is 5.63. The van der Waals surface area contributed by atoms with Crippen molar-refractivity contribution in [3.8, 4) is 0 Å². The molecule has 6 heteroatoms. The molecule has 2 heterocycles. The molecular weight excluding hydrogens is 228 g/mol. The second-order valence-electron chi connectivity index (χ2n) is 3.13. The molecule has 0 aliphatic heterocycles. The Bertz CT molecular complexity index is 483. The first-order valence-corrected chi connectivity index (χ1v) is 5.01. The third-order valence-electron chi connectivity index (χ3n) is 1.95. The van der Waals surface area contributed by atoms with E-state index in [1.165, 1.54) is 12.4 Å². The van der Waals surface area contributed by atoms with Gasteiger partial charge in [0.15, 0.2) is 0 Å². The third-order valence-corrected chi connectivity index (χ3v) is 2.14. The van der Waals surface area contributed by atoms with Gasteiger partial charge in [0, 0.05) is 18.9 Å². The summed E-state index contributed by atoms with van der Waals surface area (Å²) < 4.78 is 0. The zero-order valence-electron chi connectivity index (χ0n) is 8.27. The molecule has 0 saturated heterocycles. The second kappa shape index (κ2) is 4.76. The van der Waals surface area contributed by atoms with Crippen molar-refractivity contribution in [1.82, 2.24) is 20.3 Å². The number of rotatable bonds is 3. The molecule has 16 heavy (non-hydrogen) atoms. The molecule has 0 aromatic carbocycles. The summed E-state index contributed by atoms with van der Waals surface area (Å²) in [5.74, 6) is -0.295. The number of aromatic nitrogens is 3. The summed E-state index contributed by atoms with van der Waals surface area (Å²) in [5, 5.41) is 2.91. The first-order valence-electron chi connectivity index (χ1n) is 4.63. The molecule has 0 saturated carbocycles. The van der Waals surface area contributed by atoms with Crippen LogP contribution in [0.3, 0.4) is 0 Å². The summed E-state index contributed by atoms with van der Waals surface area (Å²) in [5.41, 5.74) is 1.20. The first kappa shape index (κ1) is 10.6. The maximum atomic E-state index is 11.6. The van der Waals surface area contributed by atoms with E-state index in [-0.39, 0.29) is 16.8 Å². The highest BCUT2D eigenvalue weighted by Gasteiger charge is 2.07. The molecule has 2 aromatic rings. The Hall–Kier alpha value is -1.88. The van der Waals surface area contributed by atoms with Crippen molar-refractivity contribution in [3.05, 3.63) is 47.3 Å². The lowest BCUT2D eigenvalue weighted by molar-refractivity contribution is 0.0945. The quantitative estimate of drug-likeness (QED) is 0.846. The highest BCUT2D eigenvalue weighted by atomic mass is 35.5. The highest BCUT2D eigenvalue weighted by molar-refractivity contribution is 6.29. The Balaban J connectivity index is 1.98. The number of carbonyl (C=O) groups excluding carboxylic acids is 1. The number of hydrogen-bond acceptors (Lipinski definition) is 3. The number of amides is 1. The summed E-state index contributed by atoms with van der Waals surface area (Å²) in [6, 6.07) is 1.88. The molecule has 0 atom stereocenters. The largest absolute Gasteiger partial charge is 0.367 e. The summed E-state index contributed by atoms with van der Waals surface area (Å²) in [7, 11) is 0. The maximum absolute atomic E-state index is 11.6. The zero-order chi connectivity index (χ0) is 11.4. The van der Waals surface area contributed by atoms with Crippen molar-refractivity contribution in [2.45, 2.75) is 6.54 Å². The van der Waals surface area contributed by atoms with Crippen molar-refractivity contribution in [3.63, 3.8) is 0 Å². The molecule has 5 nitrogen and oxygen atoms in total. The number of nitrogens with one attached hydrogen (secondary N) is 2. The lowest BCUT2D eigenvalue weighted by Gasteiger charge is -2.02. The lowest BCUT2D eigenvalue weighted by Crippen LogP contribution is -2.23. The molecule has 2 N–H and O–H groups in total. The van der Waals surface area contributed by atoms with Gasteiger partial charge in [0.05, 0.1) is 12.4 Å². The van der Waals surface area contributed by atoms with Gasteiger partial charge in [0.25, 0.3) is 5.91 Å². The predicted molar refractivity (Wildman–Crippen MR) is 59.0 cm³/mol.